The molecule has 1 saturated heterocycles. The minimum Gasteiger partial charge on any atom is -0.408 e. The first-order chi connectivity index (χ1) is 14.2. The molecule has 0 N–H and O–H groups in total. The van der Waals surface area contributed by atoms with Crippen LogP contribution in [-0.4, -0.2) is 48.0 Å². The molecule has 6 nitrogen and oxygen atoms in total. The molecule has 3 aromatic rings. The van der Waals surface area contributed by atoms with Gasteiger partial charge in [0.25, 0.3) is 0 Å². The zero-order valence-electron chi connectivity index (χ0n) is 16.3. The summed E-state index contributed by atoms with van der Waals surface area (Å²) in [7, 11) is 1.60. The van der Waals surface area contributed by atoms with Gasteiger partial charge in [0.2, 0.25) is 0 Å². The molecule has 0 unspecified atom stereocenters. The van der Waals surface area contributed by atoms with E-state index in [1.807, 2.05) is 9.80 Å². The molecule has 2 aromatic carbocycles. The van der Waals surface area contributed by atoms with E-state index in [0.717, 1.165) is 12.1 Å². The third kappa shape index (κ3) is 3.97. The van der Waals surface area contributed by atoms with Gasteiger partial charge in [-0.05, 0) is 36.4 Å². The molecule has 4 rings (SSSR count). The van der Waals surface area contributed by atoms with E-state index in [1.54, 1.807) is 31.3 Å². The van der Waals surface area contributed by atoms with E-state index >= 15 is 0 Å². The fourth-order valence-corrected chi connectivity index (χ4v) is 3.64. The standard InChI is InChI=1S/C21H20F3N3O3/c1-25-17-6-5-14(11-19(17)30-20(25)29)18(28)13-26-7-9-27(10-8-26)16-4-2-3-15(12-16)21(22,23)24/h2-6,11-12H,7-10,13H2,1H3. The summed E-state index contributed by atoms with van der Waals surface area (Å²) in [6.45, 7) is 2.37. The van der Waals surface area contributed by atoms with Crippen LogP contribution in [0.1, 0.15) is 15.9 Å². The van der Waals surface area contributed by atoms with E-state index in [4.69, 9.17) is 4.42 Å². The highest BCUT2D eigenvalue weighted by molar-refractivity contribution is 6.00. The number of hydrogen-bond donors (Lipinski definition) is 0. The van der Waals surface area contributed by atoms with Crippen molar-refractivity contribution in [2.24, 2.45) is 7.05 Å². The lowest BCUT2D eigenvalue weighted by molar-refractivity contribution is -0.137. The fourth-order valence-electron chi connectivity index (χ4n) is 3.64. The van der Waals surface area contributed by atoms with Crippen LogP contribution in [-0.2, 0) is 13.2 Å². The van der Waals surface area contributed by atoms with Gasteiger partial charge in [0.15, 0.2) is 11.4 Å². The Kier molecular flexibility index (Phi) is 5.15. The van der Waals surface area contributed by atoms with Crippen LogP contribution in [0.4, 0.5) is 18.9 Å². The van der Waals surface area contributed by atoms with Crippen LogP contribution in [0.25, 0.3) is 11.1 Å². The summed E-state index contributed by atoms with van der Waals surface area (Å²) in [4.78, 5) is 28.1. The number of fused-ring (bicyclic) bond motifs is 1. The van der Waals surface area contributed by atoms with Crippen LogP contribution in [0.2, 0.25) is 0 Å². The molecule has 0 amide bonds. The van der Waals surface area contributed by atoms with Crippen molar-refractivity contribution in [1.29, 1.82) is 0 Å². The molecular weight excluding hydrogens is 399 g/mol. The SMILES string of the molecule is Cn1c(=O)oc2cc(C(=O)CN3CCN(c4cccc(C(F)(F)F)c4)CC3)ccc21. The number of carbonyl (C=O) groups excluding carboxylic acids is 1. The van der Waals surface area contributed by atoms with Crippen molar-refractivity contribution in [2.45, 2.75) is 6.18 Å². The molecule has 1 aromatic heterocycles. The number of hydrogen-bond acceptors (Lipinski definition) is 5. The Morgan fingerprint density at radius 1 is 1.07 bits per heavy atom. The van der Waals surface area contributed by atoms with Crippen molar-refractivity contribution >= 4 is 22.6 Å². The minimum absolute atomic E-state index is 0.101. The highest BCUT2D eigenvalue weighted by Gasteiger charge is 2.31. The molecule has 0 spiro atoms. The number of ketones is 1. The molecule has 158 valence electrons. The molecule has 0 aliphatic carbocycles. The molecule has 1 fully saturated rings. The lowest BCUT2D eigenvalue weighted by Gasteiger charge is -2.36. The van der Waals surface area contributed by atoms with Gasteiger partial charge in [-0.15, -0.1) is 0 Å². The number of nitrogens with zero attached hydrogens (tertiary/aromatic N) is 3. The first-order valence-corrected chi connectivity index (χ1v) is 9.50. The van der Waals surface area contributed by atoms with E-state index in [0.29, 0.717) is 48.5 Å². The van der Waals surface area contributed by atoms with Crippen LogP contribution in [0.5, 0.6) is 0 Å². The third-order valence-electron chi connectivity index (χ3n) is 5.39. The Bertz CT molecular complexity index is 1140. The quantitative estimate of drug-likeness (QED) is 0.608. The first-order valence-electron chi connectivity index (χ1n) is 9.50. The van der Waals surface area contributed by atoms with Crippen LogP contribution < -0.4 is 10.7 Å². The zero-order chi connectivity index (χ0) is 21.5. The largest absolute Gasteiger partial charge is 0.419 e. The topological polar surface area (TPSA) is 58.7 Å². The van der Waals surface area contributed by atoms with Crippen molar-refractivity contribution in [3.05, 3.63) is 64.1 Å². The zero-order valence-corrected chi connectivity index (χ0v) is 16.3. The monoisotopic (exact) mass is 419 g/mol. The van der Waals surface area contributed by atoms with Gasteiger partial charge in [0.05, 0.1) is 17.6 Å². The van der Waals surface area contributed by atoms with Crippen LogP contribution in [0.15, 0.2) is 51.7 Å². The number of Topliss-reactive ketones (excluding diaryl/α,β-unsaturated/α-hetero) is 1. The lowest BCUT2D eigenvalue weighted by atomic mass is 10.1. The molecule has 0 radical (unpaired) electrons. The van der Waals surface area contributed by atoms with E-state index in [9.17, 15) is 22.8 Å². The lowest BCUT2D eigenvalue weighted by Crippen LogP contribution is -2.48. The van der Waals surface area contributed by atoms with Gasteiger partial charge in [-0.2, -0.15) is 13.2 Å². The molecule has 1 aliphatic rings. The number of aryl methyl sites for hydroxylation is 1. The van der Waals surface area contributed by atoms with Crippen molar-refractivity contribution in [3.8, 4) is 0 Å². The molecule has 1 aliphatic heterocycles. The molecule has 30 heavy (non-hydrogen) atoms. The number of piperazine rings is 1. The second kappa shape index (κ2) is 7.64. The first kappa shape index (κ1) is 20.2. The van der Waals surface area contributed by atoms with Crippen molar-refractivity contribution in [2.75, 3.05) is 37.6 Å². The van der Waals surface area contributed by atoms with Gasteiger partial charge in [0.1, 0.15) is 0 Å². The Morgan fingerprint density at radius 3 is 2.50 bits per heavy atom. The van der Waals surface area contributed by atoms with Gasteiger partial charge in [-0.3, -0.25) is 14.3 Å². The summed E-state index contributed by atoms with van der Waals surface area (Å²) in [6, 6.07) is 10.2. The number of rotatable bonds is 4. The Morgan fingerprint density at radius 2 is 1.80 bits per heavy atom. The van der Waals surface area contributed by atoms with Gasteiger partial charge in [0, 0.05) is 44.5 Å². The van der Waals surface area contributed by atoms with E-state index in [1.165, 1.54) is 10.6 Å². The molecule has 2 heterocycles. The number of anilines is 1. The van der Waals surface area contributed by atoms with Crippen LogP contribution in [0.3, 0.4) is 0 Å². The van der Waals surface area contributed by atoms with Gasteiger partial charge >= 0.3 is 11.9 Å². The smallest absolute Gasteiger partial charge is 0.408 e. The van der Waals surface area contributed by atoms with Gasteiger partial charge < -0.3 is 9.32 Å². The Balaban J connectivity index is 1.39. The number of aromatic nitrogens is 1. The fraction of sp³-hybridized carbons (Fsp3) is 0.333. The maximum atomic E-state index is 12.9. The van der Waals surface area contributed by atoms with E-state index < -0.39 is 17.5 Å². The predicted molar refractivity (Wildman–Crippen MR) is 106 cm³/mol. The average molecular weight is 419 g/mol. The number of carbonyl (C=O) groups is 1. The minimum atomic E-state index is -4.37. The number of benzene rings is 2. The molecule has 0 saturated carbocycles. The van der Waals surface area contributed by atoms with Gasteiger partial charge in [-0.1, -0.05) is 6.07 Å². The number of alkyl halides is 3. The molecule has 0 atom stereocenters. The maximum Gasteiger partial charge on any atom is 0.419 e. The van der Waals surface area contributed by atoms with Crippen LogP contribution in [0, 0.1) is 0 Å². The van der Waals surface area contributed by atoms with Crippen molar-refractivity contribution < 1.29 is 22.4 Å². The number of oxazole rings is 1. The number of halogens is 3. The summed E-state index contributed by atoms with van der Waals surface area (Å²) in [6.07, 6.45) is -4.37. The summed E-state index contributed by atoms with van der Waals surface area (Å²) in [5.41, 5.74) is 1.30. The van der Waals surface area contributed by atoms with E-state index in [-0.39, 0.29) is 12.3 Å². The average Bonchev–Trinajstić information content (AvgIpc) is 3.01. The van der Waals surface area contributed by atoms with Gasteiger partial charge in [-0.25, -0.2) is 4.79 Å². The summed E-state index contributed by atoms with van der Waals surface area (Å²) >= 11 is 0. The summed E-state index contributed by atoms with van der Waals surface area (Å²) in [5, 5.41) is 0. The normalized spacial score (nSPS) is 15.7. The summed E-state index contributed by atoms with van der Waals surface area (Å²) < 4.78 is 45.3. The third-order valence-corrected chi connectivity index (χ3v) is 5.39. The highest BCUT2D eigenvalue weighted by atomic mass is 19.4. The second-order valence-electron chi connectivity index (χ2n) is 7.34. The molecule has 9 heteroatoms. The van der Waals surface area contributed by atoms with E-state index in [2.05, 4.69) is 0 Å². The Labute approximate surface area is 170 Å². The predicted octanol–water partition coefficient (Wildman–Crippen LogP) is 3.16. The molecular formula is C21H20F3N3O3. The second-order valence-corrected chi connectivity index (χ2v) is 7.34. The van der Waals surface area contributed by atoms with Crippen LogP contribution >= 0.6 is 0 Å². The summed E-state index contributed by atoms with van der Waals surface area (Å²) in [5.74, 6) is -0.587. The van der Waals surface area contributed by atoms with Crippen molar-refractivity contribution in [3.63, 3.8) is 0 Å². The molecule has 0 bridgehead atoms. The highest BCUT2D eigenvalue weighted by Crippen LogP contribution is 2.31. The maximum absolute atomic E-state index is 12.9. The van der Waals surface area contributed by atoms with Crippen molar-refractivity contribution in [1.82, 2.24) is 9.47 Å². The Hall–Kier alpha value is -3.07.